The molecule has 1 aliphatic rings. The number of rotatable bonds is 7. The zero-order valence-corrected chi connectivity index (χ0v) is 17.5. The van der Waals surface area contributed by atoms with Gasteiger partial charge in [-0.05, 0) is 30.7 Å². The summed E-state index contributed by atoms with van der Waals surface area (Å²) in [6, 6.07) is 15.3. The van der Waals surface area contributed by atoms with E-state index in [1.165, 1.54) is 0 Å². The van der Waals surface area contributed by atoms with Gasteiger partial charge in [0.2, 0.25) is 0 Å². The molecule has 1 fully saturated rings. The zero-order chi connectivity index (χ0) is 21.3. The van der Waals surface area contributed by atoms with Crippen molar-refractivity contribution >= 4 is 12.0 Å². The lowest BCUT2D eigenvalue weighted by atomic mass is 10.1. The van der Waals surface area contributed by atoms with Gasteiger partial charge in [0, 0.05) is 37.3 Å². The van der Waals surface area contributed by atoms with Crippen molar-refractivity contribution in [2.75, 3.05) is 39.9 Å². The minimum Gasteiger partial charge on any atom is -0.496 e. The van der Waals surface area contributed by atoms with E-state index in [4.69, 9.17) is 14.2 Å². The molecule has 0 N–H and O–H groups in total. The van der Waals surface area contributed by atoms with Crippen molar-refractivity contribution in [3.63, 3.8) is 0 Å². The van der Waals surface area contributed by atoms with Gasteiger partial charge in [0.1, 0.15) is 5.75 Å². The van der Waals surface area contributed by atoms with E-state index in [-0.39, 0.29) is 12.0 Å². The van der Waals surface area contributed by atoms with Crippen LogP contribution in [0, 0.1) is 0 Å². The van der Waals surface area contributed by atoms with Crippen LogP contribution in [-0.4, -0.2) is 61.7 Å². The molecule has 1 saturated heterocycles. The van der Waals surface area contributed by atoms with Gasteiger partial charge in [-0.2, -0.15) is 0 Å². The second kappa shape index (κ2) is 10.6. The fraction of sp³-hybridized carbons (Fsp3) is 0.391. The molecule has 0 saturated carbocycles. The van der Waals surface area contributed by atoms with Crippen molar-refractivity contribution in [3.05, 3.63) is 65.2 Å². The van der Waals surface area contributed by atoms with Crippen LogP contribution >= 0.6 is 0 Å². The van der Waals surface area contributed by atoms with Gasteiger partial charge in [-0.15, -0.1) is 0 Å². The van der Waals surface area contributed by atoms with Crippen LogP contribution in [0.5, 0.6) is 5.75 Å². The van der Waals surface area contributed by atoms with Crippen LogP contribution in [0.25, 0.3) is 0 Å². The summed E-state index contributed by atoms with van der Waals surface area (Å²) in [5.41, 5.74) is 2.49. The first-order valence-corrected chi connectivity index (χ1v) is 10.1. The molecule has 2 aromatic rings. The second-order valence-corrected chi connectivity index (χ2v) is 6.98. The summed E-state index contributed by atoms with van der Waals surface area (Å²) in [6.07, 6.45) is -0.327. The van der Waals surface area contributed by atoms with Crippen LogP contribution in [-0.2, 0) is 22.7 Å². The third-order valence-electron chi connectivity index (χ3n) is 4.99. The summed E-state index contributed by atoms with van der Waals surface area (Å²) in [4.78, 5) is 28.2. The predicted molar refractivity (Wildman–Crippen MR) is 112 cm³/mol. The highest BCUT2D eigenvalue weighted by atomic mass is 16.6. The predicted octanol–water partition coefficient (Wildman–Crippen LogP) is 3.33. The van der Waals surface area contributed by atoms with Gasteiger partial charge >= 0.3 is 6.09 Å². The van der Waals surface area contributed by atoms with E-state index < -0.39 is 0 Å². The van der Waals surface area contributed by atoms with Gasteiger partial charge in [0.25, 0.3) is 5.91 Å². The maximum absolute atomic E-state index is 13.0. The third kappa shape index (κ3) is 5.51. The lowest BCUT2D eigenvalue weighted by molar-refractivity contribution is 0.0570. The number of nitrogens with zero attached hydrogens (tertiary/aromatic N) is 2. The first-order valence-electron chi connectivity index (χ1n) is 10.1. The van der Waals surface area contributed by atoms with Crippen molar-refractivity contribution in [2.45, 2.75) is 20.1 Å². The molecule has 7 nitrogen and oxygen atoms in total. The summed E-state index contributed by atoms with van der Waals surface area (Å²) in [6.45, 7) is 4.84. The van der Waals surface area contributed by atoms with E-state index >= 15 is 0 Å². The molecule has 0 atom stereocenters. The summed E-state index contributed by atoms with van der Waals surface area (Å²) in [7, 11) is 1.60. The van der Waals surface area contributed by atoms with E-state index in [2.05, 4.69) is 0 Å². The average Bonchev–Trinajstić information content (AvgIpc) is 2.79. The molecule has 0 aromatic heterocycles. The molecular weight excluding hydrogens is 384 g/mol. The molecule has 1 aliphatic heterocycles. The summed E-state index contributed by atoms with van der Waals surface area (Å²) in [5, 5.41) is 0. The average molecular weight is 412 g/mol. The van der Waals surface area contributed by atoms with Crippen molar-refractivity contribution < 1.29 is 23.8 Å². The quantitative estimate of drug-likeness (QED) is 0.698. The second-order valence-electron chi connectivity index (χ2n) is 6.98. The summed E-state index contributed by atoms with van der Waals surface area (Å²) >= 11 is 0. The van der Waals surface area contributed by atoms with E-state index in [1.54, 1.807) is 36.0 Å². The van der Waals surface area contributed by atoms with E-state index in [0.29, 0.717) is 57.3 Å². The zero-order valence-electron chi connectivity index (χ0n) is 17.5. The Morgan fingerprint density at radius 3 is 2.30 bits per heavy atom. The van der Waals surface area contributed by atoms with Crippen molar-refractivity contribution in [3.8, 4) is 5.75 Å². The number of hydrogen-bond acceptors (Lipinski definition) is 5. The van der Waals surface area contributed by atoms with Crippen LogP contribution in [0.2, 0.25) is 0 Å². The van der Waals surface area contributed by atoms with Crippen molar-refractivity contribution in [1.29, 1.82) is 0 Å². The number of methoxy groups -OCH3 is 1. The maximum Gasteiger partial charge on any atom is 0.409 e. The minimum absolute atomic E-state index is 0.0644. The molecule has 1 heterocycles. The Kier molecular flexibility index (Phi) is 7.68. The topological polar surface area (TPSA) is 68.3 Å². The molecule has 7 heteroatoms. The van der Waals surface area contributed by atoms with Crippen LogP contribution in [0.3, 0.4) is 0 Å². The lowest BCUT2D eigenvalue weighted by Gasteiger charge is -2.34. The number of piperazine rings is 1. The Morgan fingerprint density at radius 1 is 0.933 bits per heavy atom. The molecule has 2 amide bonds. The summed E-state index contributed by atoms with van der Waals surface area (Å²) in [5.74, 6) is 0.622. The Labute approximate surface area is 177 Å². The molecule has 3 rings (SSSR count). The minimum atomic E-state index is -0.327. The van der Waals surface area contributed by atoms with Crippen LogP contribution in [0.15, 0.2) is 48.5 Å². The molecule has 0 bridgehead atoms. The number of carbonyl (C=O) groups excluding carboxylic acids is 2. The maximum atomic E-state index is 13.0. The highest BCUT2D eigenvalue weighted by Gasteiger charge is 2.26. The Hall–Kier alpha value is -3.06. The van der Waals surface area contributed by atoms with Gasteiger partial charge < -0.3 is 24.0 Å². The van der Waals surface area contributed by atoms with Crippen molar-refractivity contribution in [2.24, 2.45) is 0 Å². The molecule has 0 radical (unpaired) electrons. The summed E-state index contributed by atoms with van der Waals surface area (Å²) < 4.78 is 16.3. The van der Waals surface area contributed by atoms with Gasteiger partial charge in [0.15, 0.2) is 0 Å². The molecular formula is C23H28N2O5. The Morgan fingerprint density at radius 2 is 1.63 bits per heavy atom. The van der Waals surface area contributed by atoms with Gasteiger partial charge in [0.05, 0.1) is 26.9 Å². The highest BCUT2D eigenvalue weighted by Crippen LogP contribution is 2.22. The normalized spacial score (nSPS) is 13.8. The van der Waals surface area contributed by atoms with E-state index in [9.17, 15) is 9.59 Å². The molecule has 30 heavy (non-hydrogen) atoms. The third-order valence-corrected chi connectivity index (χ3v) is 4.99. The number of benzene rings is 2. The molecule has 160 valence electrons. The lowest BCUT2D eigenvalue weighted by Crippen LogP contribution is -2.50. The number of amides is 2. The smallest absolute Gasteiger partial charge is 0.409 e. The van der Waals surface area contributed by atoms with Crippen LogP contribution in [0.1, 0.15) is 28.4 Å². The Bertz CT molecular complexity index is 848. The highest BCUT2D eigenvalue weighted by molar-refractivity contribution is 5.94. The van der Waals surface area contributed by atoms with Crippen LogP contribution < -0.4 is 4.74 Å². The molecule has 0 aliphatic carbocycles. The van der Waals surface area contributed by atoms with E-state index in [0.717, 1.165) is 11.1 Å². The van der Waals surface area contributed by atoms with Gasteiger partial charge in [-0.25, -0.2) is 4.79 Å². The first kappa shape index (κ1) is 21.6. The standard InChI is InChI=1S/C23H28N2O5/c1-3-30-23(27)25-13-11-24(12-14-25)22(26)19-9-10-21(28-2)20(15-19)17-29-16-18-7-5-4-6-8-18/h4-10,15H,3,11-14,16-17H2,1-2H3. The van der Waals surface area contributed by atoms with Crippen molar-refractivity contribution in [1.82, 2.24) is 9.80 Å². The first-order chi connectivity index (χ1) is 14.6. The number of carbonyl (C=O) groups is 2. The van der Waals surface area contributed by atoms with Crippen LogP contribution in [0.4, 0.5) is 4.79 Å². The molecule has 0 spiro atoms. The van der Waals surface area contributed by atoms with Gasteiger partial charge in [-0.1, -0.05) is 30.3 Å². The van der Waals surface area contributed by atoms with Gasteiger partial charge in [-0.3, -0.25) is 4.79 Å². The fourth-order valence-corrected chi connectivity index (χ4v) is 3.37. The number of ether oxygens (including phenoxy) is 3. The number of hydrogen-bond donors (Lipinski definition) is 0. The SMILES string of the molecule is CCOC(=O)N1CCN(C(=O)c2ccc(OC)c(COCc3ccccc3)c2)CC1. The molecule has 2 aromatic carbocycles. The Balaban J connectivity index is 1.61. The monoisotopic (exact) mass is 412 g/mol. The molecule has 0 unspecified atom stereocenters. The fourth-order valence-electron chi connectivity index (χ4n) is 3.37. The van der Waals surface area contributed by atoms with E-state index in [1.807, 2.05) is 36.4 Å². The largest absolute Gasteiger partial charge is 0.496 e.